The van der Waals surface area contributed by atoms with E-state index < -0.39 is 7.05 Å². The molecule has 1 N–H and O–H groups in total. The molecule has 4 aliphatic carbocycles. The number of aliphatic hydroxyl groups excluding tert-OH is 1. The third-order valence-electron chi connectivity index (χ3n) is 9.28. The first-order valence-corrected chi connectivity index (χ1v) is 16.2. The van der Waals surface area contributed by atoms with Crippen molar-refractivity contribution in [3.8, 4) is 0 Å². The van der Waals surface area contributed by atoms with Crippen LogP contribution in [0.4, 0.5) is 0 Å². The number of aliphatic hydroxyl groups is 1. The van der Waals surface area contributed by atoms with E-state index in [-0.39, 0.29) is 5.54 Å². The molecule has 0 radical (unpaired) electrons. The summed E-state index contributed by atoms with van der Waals surface area (Å²) >= 11 is 0. The SMILES string of the molecule is OC(=C(c1ccccc1)c1ccccc1)P(=NC12CC3CC(CC(C3)C1)C2)(c1ccccc1)c1ccccc1. The lowest BCUT2D eigenvalue weighted by Gasteiger charge is -2.56. The molecule has 0 atom stereocenters. The largest absolute Gasteiger partial charge is 0.505 e. The molecular formula is C36H36NOP. The van der Waals surface area contributed by atoms with Gasteiger partial charge >= 0.3 is 0 Å². The zero-order valence-corrected chi connectivity index (χ0v) is 23.3. The zero-order valence-electron chi connectivity index (χ0n) is 22.4. The number of hydrogen-bond donors (Lipinski definition) is 1. The molecule has 4 aromatic rings. The van der Waals surface area contributed by atoms with E-state index in [0.29, 0.717) is 5.50 Å². The summed E-state index contributed by atoms with van der Waals surface area (Å²) < 4.78 is 6.12. The van der Waals surface area contributed by atoms with Gasteiger partial charge in [0.25, 0.3) is 0 Å². The van der Waals surface area contributed by atoms with E-state index >= 15 is 0 Å². The Hall–Kier alpha value is -3.35. The maximum atomic E-state index is 13.0. The monoisotopic (exact) mass is 529 g/mol. The summed E-state index contributed by atoms with van der Waals surface area (Å²) in [7, 11) is -2.77. The van der Waals surface area contributed by atoms with Crippen LogP contribution in [-0.2, 0) is 0 Å². The zero-order chi connectivity index (χ0) is 26.3. The van der Waals surface area contributed by atoms with Crippen LogP contribution in [0.3, 0.4) is 0 Å². The first-order chi connectivity index (χ1) is 19.2. The van der Waals surface area contributed by atoms with Crippen molar-refractivity contribution in [3.63, 3.8) is 0 Å². The van der Waals surface area contributed by atoms with E-state index in [1.54, 1.807) is 0 Å². The van der Waals surface area contributed by atoms with Gasteiger partial charge in [-0.05, 0) is 67.4 Å². The van der Waals surface area contributed by atoms with Gasteiger partial charge in [0.2, 0.25) is 0 Å². The molecule has 0 aliphatic heterocycles. The lowest BCUT2D eigenvalue weighted by Crippen LogP contribution is -2.49. The highest BCUT2D eigenvalue weighted by Crippen LogP contribution is 2.64. The topological polar surface area (TPSA) is 32.6 Å². The fourth-order valence-corrected chi connectivity index (χ4v) is 11.9. The van der Waals surface area contributed by atoms with E-state index in [9.17, 15) is 5.11 Å². The van der Waals surface area contributed by atoms with Gasteiger partial charge in [-0.25, -0.2) is 0 Å². The van der Waals surface area contributed by atoms with Crippen molar-refractivity contribution in [2.24, 2.45) is 22.5 Å². The van der Waals surface area contributed by atoms with Gasteiger partial charge in [-0.3, -0.25) is 4.74 Å². The first-order valence-electron chi connectivity index (χ1n) is 14.4. The Balaban J connectivity index is 1.60. The van der Waals surface area contributed by atoms with Crippen molar-refractivity contribution < 1.29 is 5.11 Å². The van der Waals surface area contributed by atoms with Crippen LogP contribution in [0.2, 0.25) is 0 Å². The smallest absolute Gasteiger partial charge is 0.147 e. The minimum atomic E-state index is -2.77. The Morgan fingerprint density at radius 2 is 0.923 bits per heavy atom. The summed E-state index contributed by atoms with van der Waals surface area (Å²) in [5.41, 5.74) is 3.30. The van der Waals surface area contributed by atoms with Crippen molar-refractivity contribution >= 4 is 23.2 Å². The van der Waals surface area contributed by atoms with E-state index in [4.69, 9.17) is 4.74 Å². The van der Waals surface area contributed by atoms with Crippen molar-refractivity contribution in [1.82, 2.24) is 0 Å². The fourth-order valence-electron chi connectivity index (χ4n) is 8.15. The second-order valence-electron chi connectivity index (χ2n) is 12.0. The quantitative estimate of drug-likeness (QED) is 0.196. The summed E-state index contributed by atoms with van der Waals surface area (Å²) in [4.78, 5) is 0. The van der Waals surface area contributed by atoms with Crippen molar-refractivity contribution in [1.29, 1.82) is 0 Å². The minimum Gasteiger partial charge on any atom is -0.505 e. The summed E-state index contributed by atoms with van der Waals surface area (Å²) in [5.74, 6) is 2.34. The molecule has 4 saturated carbocycles. The van der Waals surface area contributed by atoms with Crippen LogP contribution in [0, 0.1) is 17.8 Å². The molecule has 3 heteroatoms. The Morgan fingerprint density at radius 1 is 0.564 bits per heavy atom. The van der Waals surface area contributed by atoms with Gasteiger partial charge < -0.3 is 5.11 Å². The van der Waals surface area contributed by atoms with Crippen LogP contribution in [0.25, 0.3) is 5.57 Å². The molecule has 4 aromatic carbocycles. The molecule has 39 heavy (non-hydrogen) atoms. The number of hydrogen-bond acceptors (Lipinski definition) is 2. The Labute approximate surface area is 232 Å². The van der Waals surface area contributed by atoms with E-state index in [1.165, 1.54) is 38.5 Å². The number of rotatable bonds is 6. The Kier molecular flexibility index (Phi) is 6.32. The predicted octanol–water partition coefficient (Wildman–Crippen LogP) is 8.78. The van der Waals surface area contributed by atoms with Gasteiger partial charge in [0.15, 0.2) is 0 Å². The summed E-state index contributed by atoms with van der Waals surface area (Å²) in [6.45, 7) is 0. The minimum absolute atomic E-state index is 0.0688. The normalized spacial score (nSPS) is 25.3. The molecule has 0 aromatic heterocycles. The molecule has 0 amide bonds. The van der Waals surface area contributed by atoms with Gasteiger partial charge in [-0.1, -0.05) is 121 Å². The maximum Gasteiger partial charge on any atom is 0.147 e. The van der Waals surface area contributed by atoms with Gasteiger partial charge in [0.1, 0.15) is 5.50 Å². The predicted molar refractivity (Wildman–Crippen MR) is 164 cm³/mol. The molecule has 4 aliphatic rings. The second-order valence-corrected chi connectivity index (χ2v) is 14.9. The van der Waals surface area contributed by atoms with E-state index in [0.717, 1.165) is 45.1 Å². The summed E-state index contributed by atoms with van der Waals surface area (Å²) in [5, 5.41) is 15.2. The number of benzene rings is 4. The molecule has 0 spiro atoms. The standard InChI is InChI=1S/C36H36NOP/c38-35(34(30-13-5-1-6-14-30)31-15-7-2-8-16-31)39(32-17-9-3-10-18-32,33-19-11-4-12-20-33)37-36-24-27-21-28(25-36)23-29(22-27)26-36/h1-20,27-29,38H,21-26H2. The van der Waals surface area contributed by atoms with Gasteiger partial charge in [-0.15, -0.1) is 0 Å². The van der Waals surface area contributed by atoms with Crippen molar-refractivity contribution in [3.05, 3.63) is 138 Å². The molecular weight excluding hydrogens is 493 g/mol. The van der Waals surface area contributed by atoms with Crippen LogP contribution in [0.15, 0.2) is 132 Å². The van der Waals surface area contributed by atoms with Gasteiger partial charge in [-0.2, -0.15) is 0 Å². The molecule has 0 unspecified atom stereocenters. The lowest BCUT2D eigenvalue weighted by molar-refractivity contribution is 0.00252. The van der Waals surface area contributed by atoms with Gasteiger partial charge in [0.05, 0.1) is 12.6 Å². The molecule has 8 rings (SSSR count). The van der Waals surface area contributed by atoms with Crippen LogP contribution < -0.4 is 10.6 Å². The maximum absolute atomic E-state index is 13.0. The Bertz CT molecular complexity index is 1410. The Morgan fingerprint density at radius 3 is 1.31 bits per heavy atom. The average molecular weight is 530 g/mol. The average Bonchev–Trinajstić information content (AvgIpc) is 2.97. The van der Waals surface area contributed by atoms with E-state index in [2.05, 4.69) is 109 Å². The van der Waals surface area contributed by atoms with Crippen LogP contribution >= 0.6 is 7.05 Å². The fraction of sp³-hybridized carbons (Fsp3) is 0.278. The highest BCUT2D eigenvalue weighted by molar-refractivity contribution is 7.84. The van der Waals surface area contributed by atoms with Gasteiger partial charge in [0, 0.05) is 16.2 Å². The first kappa shape index (κ1) is 24.7. The van der Waals surface area contributed by atoms with Crippen LogP contribution in [0.5, 0.6) is 0 Å². The number of nitrogens with zero attached hydrogens (tertiary/aromatic N) is 1. The molecule has 0 heterocycles. The lowest BCUT2D eigenvalue weighted by atomic mass is 9.53. The molecule has 2 nitrogen and oxygen atoms in total. The molecule has 4 fully saturated rings. The third kappa shape index (κ3) is 4.40. The van der Waals surface area contributed by atoms with Crippen LogP contribution in [0.1, 0.15) is 49.7 Å². The summed E-state index contributed by atoms with van der Waals surface area (Å²) in [6, 6.07) is 42.2. The molecule has 0 saturated heterocycles. The third-order valence-corrected chi connectivity index (χ3v) is 12.9. The molecule has 196 valence electrons. The highest BCUT2D eigenvalue weighted by atomic mass is 31.2. The second kappa shape index (κ2) is 10.00. The summed E-state index contributed by atoms with van der Waals surface area (Å²) in [6.07, 6.45) is 7.62. The highest BCUT2D eigenvalue weighted by Gasteiger charge is 2.52. The van der Waals surface area contributed by atoms with Crippen molar-refractivity contribution in [2.75, 3.05) is 0 Å². The van der Waals surface area contributed by atoms with Crippen LogP contribution in [-0.4, -0.2) is 10.6 Å². The molecule has 4 bridgehead atoms. The van der Waals surface area contributed by atoms with E-state index in [1.807, 2.05) is 12.1 Å². The van der Waals surface area contributed by atoms with Crippen molar-refractivity contribution in [2.45, 2.75) is 44.1 Å².